The summed E-state index contributed by atoms with van der Waals surface area (Å²) in [5.41, 5.74) is 2.61. The molecule has 4 aromatic rings. The molecule has 0 unspecified atom stereocenters. The maximum Gasteiger partial charge on any atom is 0.297 e. The quantitative estimate of drug-likeness (QED) is 0.563. The van der Waals surface area contributed by atoms with Gasteiger partial charge in [0, 0.05) is 37.0 Å². The van der Waals surface area contributed by atoms with Crippen molar-refractivity contribution in [2.45, 2.75) is 18.8 Å². The molecule has 0 saturated carbocycles. The first-order valence-electron chi connectivity index (χ1n) is 8.66. The average Bonchev–Trinajstić information content (AvgIpc) is 3.38. The largest absolute Gasteiger partial charge is 0.432 e. The van der Waals surface area contributed by atoms with E-state index in [2.05, 4.69) is 25.1 Å². The molecule has 0 bridgehead atoms. The molecule has 0 spiro atoms. The molecule has 8 nitrogen and oxygen atoms in total. The molecular formula is C18H17N7O. The Labute approximate surface area is 149 Å². The topological polar surface area (TPSA) is 85.2 Å². The Morgan fingerprint density at radius 1 is 1.04 bits per heavy atom. The van der Waals surface area contributed by atoms with Crippen LogP contribution in [0.5, 0.6) is 0 Å². The standard InChI is InChI=1S/C18H17N7O/c1-2-14(12-19-7-1)15-3-4-16-21-22-17(25(16)23-15)13-5-9-24(10-6-13)18-20-8-11-26-18/h1-4,7-8,11-13H,5-6,9-10H2. The second-order valence-electron chi connectivity index (χ2n) is 6.36. The van der Waals surface area contributed by atoms with Crippen LogP contribution in [0.4, 0.5) is 6.01 Å². The number of aromatic nitrogens is 6. The summed E-state index contributed by atoms with van der Waals surface area (Å²) < 4.78 is 7.27. The van der Waals surface area contributed by atoms with Crippen molar-refractivity contribution in [2.24, 2.45) is 0 Å². The summed E-state index contributed by atoms with van der Waals surface area (Å²) in [4.78, 5) is 10.6. The minimum absolute atomic E-state index is 0.313. The van der Waals surface area contributed by atoms with Gasteiger partial charge in [-0.25, -0.2) is 4.98 Å². The van der Waals surface area contributed by atoms with Gasteiger partial charge >= 0.3 is 0 Å². The van der Waals surface area contributed by atoms with Crippen LogP contribution in [0, 0.1) is 0 Å². The minimum Gasteiger partial charge on any atom is -0.432 e. The van der Waals surface area contributed by atoms with Crippen LogP contribution in [0.3, 0.4) is 0 Å². The fourth-order valence-electron chi connectivity index (χ4n) is 3.43. The molecule has 1 saturated heterocycles. The third-order valence-corrected chi connectivity index (χ3v) is 4.79. The van der Waals surface area contributed by atoms with Crippen molar-refractivity contribution in [2.75, 3.05) is 18.0 Å². The van der Waals surface area contributed by atoms with Crippen molar-refractivity contribution in [3.63, 3.8) is 0 Å². The number of piperidine rings is 1. The van der Waals surface area contributed by atoms with Crippen LogP contribution in [0.1, 0.15) is 24.6 Å². The molecule has 0 amide bonds. The molecule has 5 rings (SSSR count). The Hall–Kier alpha value is -3.29. The van der Waals surface area contributed by atoms with E-state index in [-0.39, 0.29) is 0 Å². The summed E-state index contributed by atoms with van der Waals surface area (Å²) in [5, 5.41) is 13.5. The Kier molecular flexibility index (Phi) is 3.59. The monoisotopic (exact) mass is 347 g/mol. The normalized spacial score (nSPS) is 15.6. The van der Waals surface area contributed by atoms with Gasteiger partial charge in [0.25, 0.3) is 6.01 Å². The molecule has 1 fully saturated rings. The number of oxazole rings is 1. The van der Waals surface area contributed by atoms with Crippen LogP contribution in [-0.2, 0) is 0 Å². The minimum atomic E-state index is 0.313. The molecule has 8 heteroatoms. The molecule has 0 N–H and O–H groups in total. The summed E-state index contributed by atoms with van der Waals surface area (Å²) >= 11 is 0. The maximum atomic E-state index is 5.40. The van der Waals surface area contributed by atoms with E-state index in [0.29, 0.717) is 11.9 Å². The smallest absolute Gasteiger partial charge is 0.297 e. The molecular weight excluding hydrogens is 330 g/mol. The lowest BCUT2D eigenvalue weighted by molar-refractivity contribution is 0.443. The molecule has 1 aliphatic rings. The van der Waals surface area contributed by atoms with Gasteiger partial charge in [-0.3, -0.25) is 4.98 Å². The highest BCUT2D eigenvalue weighted by atomic mass is 16.4. The van der Waals surface area contributed by atoms with Crippen molar-refractivity contribution in [1.29, 1.82) is 0 Å². The summed E-state index contributed by atoms with van der Waals surface area (Å²) in [6.45, 7) is 1.75. The zero-order chi connectivity index (χ0) is 17.3. The maximum absolute atomic E-state index is 5.40. The fraction of sp³-hybridized carbons (Fsp3) is 0.278. The first kappa shape index (κ1) is 15.0. The van der Waals surface area contributed by atoms with Crippen molar-refractivity contribution in [3.8, 4) is 11.3 Å². The summed E-state index contributed by atoms with van der Waals surface area (Å²) in [7, 11) is 0. The molecule has 0 radical (unpaired) electrons. The van der Waals surface area contributed by atoms with Crippen LogP contribution in [0.25, 0.3) is 16.9 Å². The van der Waals surface area contributed by atoms with Gasteiger partial charge in [0.05, 0.1) is 11.9 Å². The number of hydrogen-bond acceptors (Lipinski definition) is 7. The lowest BCUT2D eigenvalue weighted by Crippen LogP contribution is -2.33. The molecule has 0 aliphatic carbocycles. The highest BCUT2D eigenvalue weighted by Gasteiger charge is 2.26. The number of nitrogens with zero attached hydrogens (tertiary/aromatic N) is 7. The third-order valence-electron chi connectivity index (χ3n) is 4.79. The Bertz CT molecular complexity index is 1000. The van der Waals surface area contributed by atoms with Crippen molar-refractivity contribution >= 4 is 11.7 Å². The number of hydrogen-bond donors (Lipinski definition) is 0. The molecule has 4 aromatic heterocycles. The molecule has 0 atom stereocenters. The van der Waals surface area contributed by atoms with Crippen LogP contribution in [-0.4, -0.2) is 42.9 Å². The lowest BCUT2D eigenvalue weighted by Gasteiger charge is -2.29. The molecule has 0 aromatic carbocycles. The Morgan fingerprint density at radius 2 is 1.96 bits per heavy atom. The second kappa shape index (κ2) is 6.21. The van der Waals surface area contributed by atoms with E-state index in [9.17, 15) is 0 Å². The van der Waals surface area contributed by atoms with Gasteiger partial charge in [0.15, 0.2) is 11.5 Å². The van der Waals surface area contributed by atoms with E-state index < -0.39 is 0 Å². The van der Waals surface area contributed by atoms with Gasteiger partial charge < -0.3 is 9.32 Å². The first-order chi connectivity index (χ1) is 12.9. The first-order valence-corrected chi connectivity index (χ1v) is 8.66. The van der Waals surface area contributed by atoms with E-state index in [1.54, 1.807) is 18.7 Å². The van der Waals surface area contributed by atoms with E-state index in [4.69, 9.17) is 9.52 Å². The molecule has 1 aliphatic heterocycles. The predicted octanol–water partition coefficient (Wildman–Crippen LogP) is 2.56. The summed E-state index contributed by atoms with van der Waals surface area (Å²) in [6, 6.07) is 8.50. The average molecular weight is 347 g/mol. The van der Waals surface area contributed by atoms with Crippen LogP contribution < -0.4 is 4.90 Å². The zero-order valence-electron chi connectivity index (χ0n) is 14.1. The summed E-state index contributed by atoms with van der Waals surface area (Å²) in [5.74, 6) is 1.23. The molecule has 130 valence electrons. The Balaban J connectivity index is 1.43. The summed E-state index contributed by atoms with van der Waals surface area (Å²) in [6.07, 6.45) is 8.78. The zero-order valence-corrected chi connectivity index (χ0v) is 14.1. The van der Waals surface area contributed by atoms with Gasteiger partial charge in [-0.2, -0.15) is 9.61 Å². The van der Waals surface area contributed by atoms with E-state index in [1.165, 1.54) is 0 Å². The van der Waals surface area contributed by atoms with E-state index in [0.717, 1.165) is 48.7 Å². The molecule has 26 heavy (non-hydrogen) atoms. The second-order valence-corrected chi connectivity index (χ2v) is 6.36. The van der Waals surface area contributed by atoms with Crippen molar-refractivity contribution in [3.05, 3.63) is 54.9 Å². The van der Waals surface area contributed by atoms with Crippen molar-refractivity contribution in [1.82, 2.24) is 29.8 Å². The van der Waals surface area contributed by atoms with Crippen LogP contribution in [0.15, 0.2) is 53.5 Å². The van der Waals surface area contributed by atoms with Gasteiger partial charge in [-0.15, -0.1) is 10.2 Å². The highest BCUT2D eigenvalue weighted by Crippen LogP contribution is 2.29. The Morgan fingerprint density at radius 3 is 2.73 bits per heavy atom. The molecule has 5 heterocycles. The predicted molar refractivity (Wildman–Crippen MR) is 94.7 cm³/mol. The van der Waals surface area contributed by atoms with E-state index >= 15 is 0 Å². The highest BCUT2D eigenvalue weighted by molar-refractivity contribution is 5.58. The van der Waals surface area contributed by atoms with Crippen LogP contribution in [0.2, 0.25) is 0 Å². The fourth-order valence-corrected chi connectivity index (χ4v) is 3.43. The number of pyridine rings is 1. The third kappa shape index (κ3) is 2.59. The van der Waals surface area contributed by atoms with Crippen LogP contribution >= 0.6 is 0 Å². The van der Waals surface area contributed by atoms with Crippen molar-refractivity contribution < 1.29 is 4.42 Å². The lowest BCUT2D eigenvalue weighted by atomic mass is 9.96. The van der Waals surface area contributed by atoms with Gasteiger partial charge in [-0.1, -0.05) is 0 Å². The number of rotatable bonds is 3. The number of fused-ring (bicyclic) bond motifs is 1. The van der Waals surface area contributed by atoms with Gasteiger partial charge in [0.1, 0.15) is 6.26 Å². The number of anilines is 1. The van der Waals surface area contributed by atoms with Gasteiger partial charge in [0.2, 0.25) is 0 Å². The van der Waals surface area contributed by atoms with E-state index in [1.807, 2.05) is 35.0 Å². The van der Waals surface area contributed by atoms with Gasteiger partial charge in [-0.05, 0) is 37.1 Å². The SMILES string of the molecule is c1cncc(-c2ccc3nnc(C4CCN(c5ncco5)CC4)n3n2)c1.